The van der Waals surface area contributed by atoms with E-state index < -0.39 is 0 Å². The van der Waals surface area contributed by atoms with E-state index in [4.69, 9.17) is 14.8 Å². The molecule has 1 aliphatic heterocycles. The predicted molar refractivity (Wildman–Crippen MR) is 163 cm³/mol. The minimum atomic E-state index is -0.0602. The van der Waals surface area contributed by atoms with Gasteiger partial charge in [0.2, 0.25) is 5.95 Å². The van der Waals surface area contributed by atoms with E-state index in [0.717, 1.165) is 84.3 Å². The molecule has 1 saturated heterocycles. The van der Waals surface area contributed by atoms with Gasteiger partial charge in [-0.1, -0.05) is 30.3 Å². The monoisotopic (exact) mass is 563 g/mol. The molecule has 7 rings (SSSR count). The maximum absolute atomic E-state index is 13.2. The Morgan fingerprint density at radius 2 is 1.86 bits per heavy atom. The zero-order valence-corrected chi connectivity index (χ0v) is 24.3. The van der Waals surface area contributed by atoms with Crippen LogP contribution in [0.3, 0.4) is 0 Å². The fourth-order valence-corrected chi connectivity index (χ4v) is 6.33. The van der Waals surface area contributed by atoms with E-state index in [1.54, 1.807) is 0 Å². The first-order valence-corrected chi connectivity index (χ1v) is 15.1. The van der Waals surface area contributed by atoms with Crippen molar-refractivity contribution in [3.05, 3.63) is 71.5 Å². The summed E-state index contributed by atoms with van der Waals surface area (Å²) < 4.78 is 7.92. The number of nitrogens with zero attached hydrogens (tertiary/aromatic N) is 5. The maximum Gasteiger partial charge on any atom is 0.251 e. The van der Waals surface area contributed by atoms with Crippen molar-refractivity contribution in [3.8, 4) is 28.3 Å². The number of fused-ring (bicyclic) bond motifs is 3. The summed E-state index contributed by atoms with van der Waals surface area (Å²) in [6.45, 7) is 4.55. The summed E-state index contributed by atoms with van der Waals surface area (Å²) in [5, 5.41) is 11.4. The van der Waals surface area contributed by atoms with Crippen LogP contribution in [0.5, 0.6) is 5.75 Å². The average Bonchev–Trinajstić information content (AvgIpc) is 3.80. The van der Waals surface area contributed by atoms with Gasteiger partial charge in [-0.3, -0.25) is 9.48 Å². The van der Waals surface area contributed by atoms with Crippen LogP contribution < -0.4 is 15.4 Å². The molecule has 2 aromatic carbocycles. The highest BCUT2D eigenvalue weighted by Crippen LogP contribution is 2.40. The molecule has 0 radical (unpaired) electrons. The van der Waals surface area contributed by atoms with Crippen LogP contribution in [0.2, 0.25) is 0 Å². The van der Waals surface area contributed by atoms with Crippen LogP contribution in [0, 0.1) is 0 Å². The van der Waals surface area contributed by atoms with Crippen LogP contribution in [-0.2, 0) is 19.9 Å². The minimum Gasteiger partial charge on any atom is -0.492 e. The molecule has 3 heterocycles. The lowest BCUT2D eigenvalue weighted by molar-refractivity contribution is 0.0908. The van der Waals surface area contributed by atoms with Gasteiger partial charge < -0.3 is 20.3 Å². The molecule has 1 saturated carbocycles. The fourth-order valence-electron chi connectivity index (χ4n) is 6.33. The molecule has 0 unspecified atom stereocenters. The van der Waals surface area contributed by atoms with Gasteiger partial charge in [-0.05, 0) is 69.2 Å². The minimum absolute atomic E-state index is 0.0602. The van der Waals surface area contributed by atoms with E-state index in [9.17, 15) is 4.79 Å². The van der Waals surface area contributed by atoms with E-state index in [1.165, 1.54) is 12.8 Å². The van der Waals surface area contributed by atoms with E-state index >= 15 is 0 Å². The Morgan fingerprint density at radius 1 is 1.05 bits per heavy atom. The van der Waals surface area contributed by atoms with Gasteiger partial charge in [-0.15, -0.1) is 0 Å². The predicted octanol–water partition coefficient (Wildman–Crippen LogP) is 5.14. The molecule has 3 aliphatic rings. The first-order valence-electron chi connectivity index (χ1n) is 15.1. The molecule has 4 aromatic rings. The lowest BCUT2D eigenvalue weighted by atomic mass is 9.91. The van der Waals surface area contributed by atoms with Gasteiger partial charge in [0.1, 0.15) is 5.75 Å². The normalized spacial score (nSPS) is 16.9. The lowest BCUT2D eigenvalue weighted by Gasteiger charge is -2.32. The molecule has 216 valence electrons. The highest BCUT2D eigenvalue weighted by molar-refractivity contribution is 5.95. The Hall–Kier alpha value is -4.24. The number of benzene rings is 2. The molecule has 0 atom stereocenters. The van der Waals surface area contributed by atoms with Gasteiger partial charge in [0.15, 0.2) is 0 Å². The third kappa shape index (κ3) is 5.25. The Balaban J connectivity index is 1.12. The number of anilines is 2. The van der Waals surface area contributed by atoms with Crippen molar-refractivity contribution in [1.82, 2.24) is 30.0 Å². The molecule has 2 N–H and O–H groups in total. The number of hydrogen-bond acceptors (Lipinski definition) is 7. The van der Waals surface area contributed by atoms with Crippen molar-refractivity contribution in [3.63, 3.8) is 0 Å². The number of ether oxygens (including phenoxy) is 1. The third-order valence-electron chi connectivity index (χ3n) is 8.62. The van der Waals surface area contributed by atoms with Crippen LogP contribution in [0.15, 0.2) is 54.7 Å². The maximum atomic E-state index is 13.2. The summed E-state index contributed by atoms with van der Waals surface area (Å²) in [6, 6.07) is 16.8. The van der Waals surface area contributed by atoms with Gasteiger partial charge in [0, 0.05) is 55.1 Å². The first-order chi connectivity index (χ1) is 20.6. The van der Waals surface area contributed by atoms with Crippen LogP contribution in [0.25, 0.3) is 22.5 Å². The second kappa shape index (κ2) is 11.2. The Labute approximate surface area is 246 Å². The number of amides is 1. The molecule has 0 spiro atoms. The van der Waals surface area contributed by atoms with Gasteiger partial charge >= 0.3 is 0 Å². The number of aryl methyl sites for hydroxylation is 3. The molecule has 42 heavy (non-hydrogen) atoms. The summed E-state index contributed by atoms with van der Waals surface area (Å²) in [4.78, 5) is 25.4. The Bertz CT molecular complexity index is 1600. The van der Waals surface area contributed by atoms with Gasteiger partial charge in [-0.25, -0.2) is 9.97 Å². The number of rotatable bonds is 8. The topological polar surface area (TPSA) is 97.2 Å². The summed E-state index contributed by atoms with van der Waals surface area (Å²) in [6.07, 6.45) is 8.27. The number of carbonyl (C=O) groups excluding carboxylic acids is 1. The highest BCUT2D eigenvalue weighted by Gasteiger charge is 2.32. The van der Waals surface area contributed by atoms with Crippen molar-refractivity contribution in [1.29, 1.82) is 0 Å². The standard InChI is InChI=1S/C33H37N7O2/c1-3-42-28-19-22(32(41)35-24-15-17-40(18-16-24)25-11-12-25)9-13-26(28)36-33-34-20-23-10-14-27-29(30(23)37-33)31(39(2)38-27)21-7-5-4-6-8-21/h4-9,13,19-20,24-25H,3,10-12,14-18H2,1-2H3,(H,35,41)(H,34,36,37). The second-order valence-corrected chi connectivity index (χ2v) is 11.5. The van der Waals surface area contributed by atoms with Crippen molar-refractivity contribution >= 4 is 17.5 Å². The summed E-state index contributed by atoms with van der Waals surface area (Å²) in [5.74, 6) is 1.02. The van der Waals surface area contributed by atoms with Crippen LogP contribution in [0.1, 0.15) is 54.2 Å². The van der Waals surface area contributed by atoms with Crippen molar-refractivity contribution in [2.75, 3.05) is 25.0 Å². The van der Waals surface area contributed by atoms with Gasteiger partial charge in [0.25, 0.3) is 5.91 Å². The van der Waals surface area contributed by atoms with E-state index in [1.807, 2.05) is 61.2 Å². The number of aromatic nitrogens is 4. The van der Waals surface area contributed by atoms with Crippen LogP contribution >= 0.6 is 0 Å². The number of likely N-dealkylation sites (tertiary alicyclic amines) is 1. The summed E-state index contributed by atoms with van der Waals surface area (Å²) in [5.41, 5.74) is 7.60. The summed E-state index contributed by atoms with van der Waals surface area (Å²) >= 11 is 0. The largest absolute Gasteiger partial charge is 0.492 e. The van der Waals surface area contributed by atoms with Gasteiger partial charge in [-0.2, -0.15) is 5.10 Å². The lowest BCUT2D eigenvalue weighted by Crippen LogP contribution is -2.45. The Kier molecular flexibility index (Phi) is 7.11. The molecule has 2 aromatic heterocycles. The average molecular weight is 564 g/mol. The van der Waals surface area contributed by atoms with Crippen LogP contribution in [-0.4, -0.2) is 62.3 Å². The molecule has 2 fully saturated rings. The van der Waals surface area contributed by atoms with Crippen molar-refractivity contribution in [2.45, 2.75) is 57.5 Å². The number of carbonyl (C=O) groups is 1. The zero-order valence-electron chi connectivity index (χ0n) is 24.3. The molecular formula is C33H37N7O2. The van der Waals surface area contributed by atoms with Crippen molar-refractivity contribution in [2.24, 2.45) is 7.05 Å². The number of piperidine rings is 1. The molecule has 9 heteroatoms. The van der Waals surface area contributed by atoms with E-state index in [2.05, 4.69) is 32.7 Å². The smallest absolute Gasteiger partial charge is 0.251 e. The molecule has 1 amide bonds. The summed E-state index contributed by atoms with van der Waals surface area (Å²) in [7, 11) is 1.99. The molecule has 0 bridgehead atoms. The quantitative estimate of drug-likeness (QED) is 0.306. The van der Waals surface area contributed by atoms with E-state index in [-0.39, 0.29) is 11.9 Å². The first kappa shape index (κ1) is 26.6. The highest BCUT2D eigenvalue weighted by atomic mass is 16.5. The SMILES string of the molecule is CCOc1cc(C(=O)NC2CCN(C3CC3)CC2)ccc1Nc1ncc2c(n1)-c1c(nn(C)c1-c1ccccc1)CC2. The zero-order chi connectivity index (χ0) is 28.6. The van der Waals surface area contributed by atoms with Crippen molar-refractivity contribution < 1.29 is 9.53 Å². The van der Waals surface area contributed by atoms with Crippen LogP contribution in [0.4, 0.5) is 11.6 Å². The number of nitrogens with one attached hydrogen (secondary N) is 2. The van der Waals surface area contributed by atoms with Gasteiger partial charge in [0.05, 0.1) is 29.4 Å². The fraction of sp³-hybridized carbons (Fsp3) is 0.394. The molecule has 2 aliphatic carbocycles. The van der Waals surface area contributed by atoms with E-state index in [0.29, 0.717) is 23.9 Å². The number of hydrogen-bond donors (Lipinski definition) is 2. The second-order valence-electron chi connectivity index (χ2n) is 11.5. The molecule has 9 nitrogen and oxygen atoms in total. The Morgan fingerprint density at radius 3 is 2.62 bits per heavy atom. The third-order valence-corrected chi connectivity index (χ3v) is 8.62. The molecular weight excluding hydrogens is 526 g/mol.